The summed E-state index contributed by atoms with van der Waals surface area (Å²) in [7, 11) is -5.23. The van der Waals surface area contributed by atoms with Crippen LogP contribution in [0, 0.1) is 0 Å². The molecule has 0 aromatic heterocycles. The summed E-state index contributed by atoms with van der Waals surface area (Å²) in [6.07, 6.45) is 0. The second-order valence-electron chi connectivity index (χ2n) is 5.46. The topological polar surface area (TPSA) is 225 Å². The van der Waals surface area contributed by atoms with Gasteiger partial charge in [0.25, 0.3) is 0 Å². The van der Waals surface area contributed by atoms with Gasteiger partial charge in [0.1, 0.15) is 21.6 Å². The summed E-state index contributed by atoms with van der Waals surface area (Å²) in [6.45, 7) is 0. The van der Waals surface area contributed by atoms with Gasteiger partial charge in [-0.25, -0.2) is 8.42 Å². The molecule has 0 atom stereocenters. The van der Waals surface area contributed by atoms with E-state index in [1.807, 2.05) is 0 Å². The Hall–Kier alpha value is -0.880. The van der Waals surface area contributed by atoms with Crippen molar-refractivity contribution in [1.29, 1.82) is 0 Å². The molecule has 0 bridgehead atoms. The average molecular weight is 474 g/mol. The monoisotopic (exact) mass is 474 g/mol. The van der Waals surface area contributed by atoms with Crippen LogP contribution in [-0.2, 0) is 19.5 Å². The van der Waals surface area contributed by atoms with Crippen molar-refractivity contribution in [3.8, 4) is 11.5 Å². The number of carbonyl (C=O) groups excluding carboxylic acids is 2. The predicted molar refractivity (Wildman–Crippen MR) is 87.9 cm³/mol. The zero-order valence-corrected chi connectivity index (χ0v) is 20.9. The number of fused-ring (bicyclic) bond motifs is 2. The van der Waals surface area contributed by atoms with E-state index in [1.54, 1.807) is 0 Å². The number of phenolic OH excluding ortho intramolecular Hbond substituents is 2. The van der Waals surface area contributed by atoms with E-state index in [0.717, 1.165) is 6.07 Å². The van der Waals surface area contributed by atoms with Gasteiger partial charge in [-0.2, -0.15) is 4.33 Å². The van der Waals surface area contributed by atoms with Gasteiger partial charge in [0.15, 0.2) is 0 Å². The van der Waals surface area contributed by atoms with E-state index in [2.05, 4.69) is 9.37 Å². The Morgan fingerprint density at radius 3 is 1.83 bits per heavy atom. The molecule has 1 aliphatic carbocycles. The number of carbonyl (C=O) groups is 2. The fourth-order valence-corrected chi connectivity index (χ4v) is 3.89. The van der Waals surface area contributed by atoms with Gasteiger partial charge in [-0.15, -0.1) is 0 Å². The molecule has 30 heavy (non-hydrogen) atoms. The molecule has 6 N–H and O–H groups in total. The molecule has 0 saturated heterocycles. The summed E-state index contributed by atoms with van der Waals surface area (Å²) in [4.78, 5) is 24.3. The number of nitrogens with two attached hydrogens (primary N) is 2. The molecule has 0 unspecified atom stereocenters. The molecule has 2 aromatic carbocycles. The molecule has 0 spiro atoms. The van der Waals surface area contributed by atoms with Crippen LogP contribution < -0.4 is 75.8 Å². The van der Waals surface area contributed by atoms with Crippen LogP contribution in [0.2, 0.25) is 0 Å². The van der Waals surface area contributed by atoms with Gasteiger partial charge in [0, 0.05) is 11.4 Å². The van der Waals surface area contributed by atoms with Gasteiger partial charge in [-0.05, 0) is 12.1 Å². The van der Waals surface area contributed by atoms with Crippen molar-refractivity contribution in [2.75, 3.05) is 11.5 Å². The number of aromatic hydroxyl groups is 2. The SMILES string of the molecule is Nc1cc(SOO[O-])c(O)c2c1C(=O)c1c(O)c(S(=O)(=O)[O-])cc(N)c1C2=O.[Na+].[Na+]. The summed E-state index contributed by atoms with van der Waals surface area (Å²) in [6, 6.07) is 1.50. The molecule has 2 aromatic rings. The molecule has 16 heteroatoms. The largest absolute Gasteiger partial charge is 1.00 e. The number of hydrogen-bond acceptors (Lipinski definition) is 13. The minimum atomic E-state index is -5.23. The third-order valence-corrected chi connectivity index (χ3v) is 5.38. The van der Waals surface area contributed by atoms with Gasteiger partial charge in [-0.3, -0.25) is 14.6 Å². The van der Waals surface area contributed by atoms with Crippen molar-refractivity contribution < 1.29 is 107 Å². The summed E-state index contributed by atoms with van der Waals surface area (Å²) in [5, 5.41) is 33.6. The first-order valence-electron chi connectivity index (χ1n) is 7.00. The van der Waals surface area contributed by atoms with Crippen molar-refractivity contribution in [2.24, 2.45) is 0 Å². The smallest absolute Gasteiger partial charge is 0.744 e. The molecule has 0 amide bonds. The first kappa shape index (κ1) is 27.2. The second-order valence-corrected chi connectivity index (χ2v) is 7.55. The van der Waals surface area contributed by atoms with E-state index in [0.29, 0.717) is 6.07 Å². The standard InChI is InChI=1S/C14H10N2O10S2.2Na/c15-3-1-5(27-26-25-21)11(17)9-7(3)14(20)10-8(13(9)19)4(16)2-6(12(10)18)28(22,23)24;;/h1-2,17-18,21H,15-16H2,(H,22,23,24);;/q;2*+1/p-2. The Kier molecular flexibility index (Phi) is 8.80. The van der Waals surface area contributed by atoms with Crippen molar-refractivity contribution >= 4 is 45.1 Å². The van der Waals surface area contributed by atoms with Crippen LogP contribution >= 0.6 is 12.0 Å². The first-order chi connectivity index (χ1) is 13.0. The quantitative estimate of drug-likeness (QED) is 0.0525. The van der Waals surface area contributed by atoms with Crippen molar-refractivity contribution in [2.45, 2.75) is 9.79 Å². The van der Waals surface area contributed by atoms with Crippen molar-refractivity contribution in [1.82, 2.24) is 0 Å². The fourth-order valence-electron chi connectivity index (χ4n) is 2.82. The minimum Gasteiger partial charge on any atom is -0.744 e. The van der Waals surface area contributed by atoms with E-state index in [4.69, 9.17) is 11.5 Å². The zero-order valence-electron chi connectivity index (χ0n) is 15.3. The van der Waals surface area contributed by atoms with Gasteiger partial charge in [0.05, 0.1) is 44.1 Å². The number of hydrogen-bond donors (Lipinski definition) is 4. The molecule has 0 fully saturated rings. The Bertz CT molecular complexity index is 1170. The minimum absolute atomic E-state index is 0. The summed E-state index contributed by atoms with van der Waals surface area (Å²) >= 11 is 0.202. The maximum absolute atomic E-state index is 12.9. The van der Waals surface area contributed by atoms with E-state index in [-0.39, 0.29) is 81.7 Å². The summed E-state index contributed by atoms with van der Waals surface area (Å²) in [5.41, 5.74) is 7.77. The van der Waals surface area contributed by atoms with E-state index in [9.17, 15) is 38.0 Å². The van der Waals surface area contributed by atoms with Crippen LogP contribution in [0.25, 0.3) is 0 Å². The Labute approximate surface area is 216 Å². The van der Waals surface area contributed by atoms with Gasteiger partial charge >= 0.3 is 59.1 Å². The summed E-state index contributed by atoms with van der Waals surface area (Å²) < 4.78 is 38.0. The fraction of sp³-hybridized carbons (Fsp3) is 0. The number of ketones is 2. The van der Waals surface area contributed by atoms with E-state index in [1.165, 1.54) is 0 Å². The maximum Gasteiger partial charge on any atom is 1.00 e. The first-order valence-corrected chi connectivity index (χ1v) is 9.15. The molecular formula is C14H8N2Na2O10S2. The van der Waals surface area contributed by atoms with E-state index >= 15 is 0 Å². The third-order valence-electron chi connectivity index (χ3n) is 3.92. The molecule has 0 radical (unpaired) electrons. The Morgan fingerprint density at radius 2 is 1.37 bits per heavy atom. The van der Waals surface area contributed by atoms with Crippen LogP contribution in [0.15, 0.2) is 21.9 Å². The molecule has 1 aliphatic rings. The second kappa shape index (κ2) is 9.72. The van der Waals surface area contributed by atoms with Crippen molar-refractivity contribution in [3.63, 3.8) is 0 Å². The number of phenols is 2. The number of benzene rings is 2. The average Bonchev–Trinajstić information content (AvgIpc) is 2.60. The normalized spacial score (nSPS) is 12.5. The van der Waals surface area contributed by atoms with Gasteiger partial charge in [0.2, 0.25) is 11.6 Å². The van der Waals surface area contributed by atoms with Crippen LogP contribution in [0.5, 0.6) is 11.5 Å². The summed E-state index contributed by atoms with van der Waals surface area (Å²) in [5.74, 6) is -4.29. The molecule has 12 nitrogen and oxygen atoms in total. The predicted octanol–water partition coefficient (Wildman–Crippen LogP) is -6.82. The van der Waals surface area contributed by atoms with Crippen LogP contribution in [0.1, 0.15) is 31.8 Å². The molecule has 3 rings (SSSR count). The Balaban J connectivity index is 0.00000225. The molecule has 0 aliphatic heterocycles. The van der Waals surface area contributed by atoms with Gasteiger partial charge < -0.3 is 31.5 Å². The number of nitrogen functional groups attached to an aromatic ring is 2. The number of anilines is 2. The zero-order chi connectivity index (χ0) is 21.0. The third kappa shape index (κ3) is 4.36. The number of rotatable bonds is 4. The van der Waals surface area contributed by atoms with Crippen LogP contribution in [0.4, 0.5) is 11.4 Å². The molecule has 148 valence electrons. The van der Waals surface area contributed by atoms with E-state index < -0.39 is 66.0 Å². The van der Waals surface area contributed by atoms with Crippen LogP contribution in [-0.4, -0.2) is 34.8 Å². The van der Waals surface area contributed by atoms with Gasteiger partial charge in [-0.1, -0.05) is 0 Å². The molecule has 0 heterocycles. The molecule has 0 saturated carbocycles. The van der Waals surface area contributed by atoms with Crippen LogP contribution in [0.3, 0.4) is 0 Å². The van der Waals surface area contributed by atoms with Crippen molar-refractivity contribution in [3.05, 3.63) is 34.4 Å². The maximum atomic E-state index is 12.9. The Morgan fingerprint density at radius 1 is 0.900 bits per heavy atom. The molecular weight excluding hydrogens is 466 g/mol.